The predicted molar refractivity (Wildman–Crippen MR) is 80.3 cm³/mol. The van der Waals surface area contributed by atoms with Gasteiger partial charge in [0.1, 0.15) is 0 Å². The molecule has 0 amide bonds. The number of hydrogen-bond acceptors (Lipinski definition) is 3. The van der Waals surface area contributed by atoms with E-state index < -0.39 is 0 Å². The first kappa shape index (κ1) is 14.8. The molecule has 19 heavy (non-hydrogen) atoms. The van der Waals surface area contributed by atoms with Gasteiger partial charge in [-0.2, -0.15) is 0 Å². The summed E-state index contributed by atoms with van der Waals surface area (Å²) in [7, 11) is 0. The van der Waals surface area contributed by atoms with Crippen molar-refractivity contribution in [2.24, 2.45) is 17.6 Å². The summed E-state index contributed by atoms with van der Waals surface area (Å²) in [6, 6.07) is 4.74. The third-order valence-corrected chi connectivity index (χ3v) is 4.61. The monoisotopic (exact) mass is 281 g/mol. The topological polar surface area (TPSA) is 42.1 Å². The fraction of sp³-hybridized carbons (Fsp3) is 0.667. The Kier molecular flexibility index (Phi) is 4.82. The minimum absolute atomic E-state index is 0. The van der Waals surface area contributed by atoms with E-state index in [2.05, 4.69) is 22.0 Å². The lowest BCUT2D eigenvalue weighted by molar-refractivity contribution is 0.259. The van der Waals surface area contributed by atoms with Gasteiger partial charge >= 0.3 is 0 Å². The van der Waals surface area contributed by atoms with E-state index in [0.29, 0.717) is 6.04 Å². The van der Waals surface area contributed by atoms with Crippen LogP contribution in [0.15, 0.2) is 18.3 Å². The van der Waals surface area contributed by atoms with Crippen molar-refractivity contribution < 1.29 is 0 Å². The van der Waals surface area contributed by atoms with Crippen molar-refractivity contribution in [2.75, 3.05) is 13.1 Å². The van der Waals surface area contributed by atoms with Crippen LogP contribution < -0.4 is 5.73 Å². The van der Waals surface area contributed by atoms with E-state index in [-0.39, 0.29) is 12.4 Å². The predicted octanol–water partition coefficient (Wildman–Crippen LogP) is 2.37. The van der Waals surface area contributed by atoms with Crippen molar-refractivity contribution in [2.45, 2.75) is 38.8 Å². The molecular weight excluding hydrogens is 258 g/mol. The summed E-state index contributed by atoms with van der Waals surface area (Å²) in [5, 5.41) is 0. The minimum atomic E-state index is 0. The Balaban J connectivity index is 0.00000133. The number of fused-ring (bicyclic) bond motifs is 1. The molecular formula is C15H24ClN3. The Morgan fingerprint density at radius 2 is 2.16 bits per heavy atom. The number of likely N-dealkylation sites (tertiary alicyclic amines) is 1. The number of aromatic nitrogens is 1. The van der Waals surface area contributed by atoms with E-state index in [0.717, 1.165) is 24.1 Å². The maximum Gasteiger partial charge on any atom is 0.0372 e. The fourth-order valence-corrected chi connectivity index (χ4v) is 3.59. The van der Waals surface area contributed by atoms with Gasteiger partial charge in [-0.1, -0.05) is 12.5 Å². The molecule has 3 atom stereocenters. The van der Waals surface area contributed by atoms with Crippen LogP contribution in [0.4, 0.5) is 0 Å². The number of halogens is 1. The van der Waals surface area contributed by atoms with Gasteiger partial charge in [0.15, 0.2) is 0 Å². The van der Waals surface area contributed by atoms with Gasteiger partial charge < -0.3 is 5.73 Å². The molecule has 1 aliphatic carbocycles. The summed E-state index contributed by atoms with van der Waals surface area (Å²) >= 11 is 0. The quantitative estimate of drug-likeness (QED) is 0.905. The highest BCUT2D eigenvalue weighted by Crippen LogP contribution is 2.35. The zero-order valence-electron chi connectivity index (χ0n) is 11.6. The molecule has 2 N–H and O–H groups in total. The molecule has 0 bridgehead atoms. The van der Waals surface area contributed by atoms with Crippen LogP contribution in [0.5, 0.6) is 0 Å². The van der Waals surface area contributed by atoms with E-state index >= 15 is 0 Å². The first-order valence-electron chi connectivity index (χ1n) is 7.12. The molecule has 3 nitrogen and oxygen atoms in total. The van der Waals surface area contributed by atoms with Crippen molar-refractivity contribution >= 4 is 12.4 Å². The molecule has 1 saturated carbocycles. The SMILES string of the molecule is Cc1ccc(CN2CC3CCCC(N)C3C2)cn1.Cl. The van der Waals surface area contributed by atoms with Gasteiger partial charge in [-0.15, -0.1) is 12.4 Å². The van der Waals surface area contributed by atoms with Gasteiger partial charge in [-0.3, -0.25) is 9.88 Å². The highest BCUT2D eigenvalue weighted by Gasteiger charge is 2.38. The smallest absolute Gasteiger partial charge is 0.0372 e. The van der Waals surface area contributed by atoms with Gasteiger partial charge in [-0.05, 0) is 43.2 Å². The van der Waals surface area contributed by atoms with Crippen LogP contribution in [-0.2, 0) is 6.54 Å². The van der Waals surface area contributed by atoms with Crippen LogP contribution in [0.2, 0.25) is 0 Å². The molecule has 106 valence electrons. The molecule has 2 aliphatic rings. The average molecular weight is 282 g/mol. The lowest BCUT2D eigenvalue weighted by Gasteiger charge is -2.29. The van der Waals surface area contributed by atoms with Crippen LogP contribution >= 0.6 is 12.4 Å². The minimum Gasteiger partial charge on any atom is -0.327 e. The molecule has 0 spiro atoms. The van der Waals surface area contributed by atoms with E-state index in [4.69, 9.17) is 5.73 Å². The second kappa shape index (κ2) is 6.21. The van der Waals surface area contributed by atoms with Gasteiger partial charge in [0, 0.05) is 37.6 Å². The van der Waals surface area contributed by atoms with Crippen LogP contribution in [0.1, 0.15) is 30.5 Å². The number of nitrogens with zero attached hydrogens (tertiary/aromatic N) is 2. The van der Waals surface area contributed by atoms with Crippen LogP contribution in [0, 0.1) is 18.8 Å². The highest BCUT2D eigenvalue weighted by molar-refractivity contribution is 5.85. The lowest BCUT2D eigenvalue weighted by Crippen LogP contribution is -2.38. The standard InChI is InChI=1S/C15H23N3.ClH/c1-11-5-6-12(7-17-11)8-18-9-13-3-2-4-15(16)14(13)10-18;/h5-7,13-15H,2-4,8-10,16H2,1H3;1H. The molecule has 1 aromatic rings. The summed E-state index contributed by atoms with van der Waals surface area (Å²) < 4.78 is 0. The highest BCUT2D eigenvalue weighted by atomic mass is 35.5. The molecule has 0 aromatic carbocycles. The normalized spacial score (nSPS) is 30.7. The Morgan fingerprint density at radius 1 is 1.32 bits per heavy atom. The summed E-state index contributed by atoms with van der Waals surface area (Å²) in [5.74, 6) is 1.57. The Bertz CT molecular complexity index is 406. The van der Waals surface area contributed by atoms with E-state index in [1.54, 1.807) is 0 Å². The van der Waals surface area contributed by atoms with Crippen molar-refractivity contribution in [3.63, 3.8) is 0 Å². The molecule has 3 rings (SSSR count). The molecule has 1 aromatic heterocycles. The molecule has 4 heteroatoms. The van der Waals surface area contributed by atoms with Crippen molar-refractivity contribution in [1.29, 1.82) is 0 Å². The summed E-state index contributed by atoms with van der Waals surface area (Å²) in [6.07, 6.45) is 5.93. The van der Waals surface area contributed by atoms with Crippen LogP contribution in [-0.4, -0.2) is 29.0 Å². The zero-order chi connectivity index (χ0) is 12.5. The third-order valence-electron chi connectivity index (χ3n) is 4.61. The second-order valence-electron chi connectivity index (χ2n) is 6.02. The molecule has 2 fully saturated rings. The van der Waals surface area contributed by atoms with Crippen molar-refractivity contribution in [3.05, 3.63) is 29.6 Å². The maximum atomic E-state index is 6.26. The molecule has 1 aliphatic heterocycles. The van der Waals surface area contributed by atoms with Gasteiger partial charge in [-0.25, -0.2) is 0 Å². The van der Waals surface area contributed by atoms with Gasteiger partial charge in [0.2, 0.25) is 0 Å². The summed E-state index contributed by atoms with van der Waals surface area (Å²) in [4.78, 5) is 6.94. The largest absolute Gasteiger partial charge is 0.327 e. The van der Waals surface area contributed by atoms with Crippen LogP contribution in [0.3, 0.4) is 0 Å². The average Bonchev–Trinajstić information content (AvgIpc) is 2.76. The molecule has 3 unspecified atom stereocenters. The molecule has 0 radical (unpaired) electrons. The van der Waals surface area contributed by atoms with Crippen molar-refractivity contribution in [1.82, 2.24) is 9.88 Å². The van der Waals surface area contributed by atoms with Gasteiger partial charge in [0.05, 0.1) is 0 Å². The van der Waals surface area contributed by atoms with Crippen LogP contribution in [0.25, 0.3) is 0 Å². The number of hydrogen-bond donors (Lipinski definition) is 1. The number of aryl methyl sites for hydroxylation is 1. The maximum absolute atomic E-state index is 6.26. The third kappa shape index (κ3) is 3.28. The fourth-order valence-electron chi connectivity index (χ4n) is 3.59. The van der Waals surface area contributed by atoms with E-state index in [1.165, 1.54) is 37.9 Å². The Morgan fingerprint density at radius 3 is 2.84 bits per heavy atom. The van der Waals surface area contributed by atoms with Crippen molar-refractivity contribution in [3.8, 4) is 0 Å². The first-order chi connectivity index (χ1) is 8.72. The number of rotatable bonds is 2. The van der Waals surface area contributed by atoms with E-state index in [9.17, 15) is 0 Å². The number of nitrogens with two attached hydrogens (primary N) is 1. The van der Waals surface area contributed by atoms with E-state index in [1.807, 2.05) is 13.1 Å². The lowest BCUT2D eigenvalue weighted by atomic mass is 9.78. The Labute approximate surface area is 122 Å². The summed E-state index contributed by atoms with van der Waals surface area (Å²) in [5.41, 5.74) is 8.68. The van der Waals surface area contributed by atoms with Gasteiger partial charge in [0.25, 0.3) is 0 Å². The number of pyridine rings is 1. The second-order valence-corrected chi connectivity index (χ2v) is 6.02. The zero-order valence-corrected chi connectivity index (χ0v) is 12.4. The first-order valence-corrected chi connectivity index (χ1v) is 7.12. The summed E-state index contributed by atoms with van der Waals surface area (Å²) in [6.45, 7) is 5.48. The molecule has 1 saturated heterocycles. The Hall–Kier alpha value is -0.640. The molecule has 2 heterocycles.